The lowest BCUT2D eigenvalue weighted by molar-refractivity contribution is 0.0516. The van der Waals surface area contributed by atoms with E-state index in [4.69, 9.17) is 25.8 Å². The molecular weight excluding hydrogens is 298 g/mol. The van der Waals surface area contributed by atoms with Crippen LogP contribution in [0, 0.1) is 0 Å². The van der Waals surface area contributed by atoms with Gasteiger partial charge in [0.1, 0.15) is 18.8 Å². The molecule has 7 heteroatoms. The highest BCUT2D eigenvalue weighted by molar-refractivity contribution is 6.18. The lowest BCUT2D eigenvalue weighted by atomic mass is 10.1. The molecule has 2 N–H and O–H groups in total. The number of aliphatic hydroxyl groups is 1. The van der Waals surface area contributed by atoms with E-state index in [2.05, 4.69) is 5.32 Å². The highest BCUT2D eigenvalue weighted by atomic mass is 35.5. The summed E-state index contributed by atoms with van der Waals surface area (Å²) in [5.74, 6) is 0.498. The molecule has 1 aliphatic heterocycles. The molecule has 0 amide bonds. The smallest absolute Gasteiger partial charge is 0.342 e. The third-order valence-electron chi connectivity index (χ3n) is 2.89. The minimum Gasteiger partial charge on any atom is -0.485 e. The van der Waals surface area contributed by atoms with E-state index in [0.717, 1.165) is 0 Å². The van der Waals surface area contributed by atoms with E-state index in [1.807, 2.05) is 0 Å². The number of esters is 1. The highest BCUT2D eigenvalue weighted by Crippen LogP contribution is 2.40. The van der Waals surface area contributed by atoms with E-state index < -0.39 is 12.1 Å². The Morgan fingerprint density at radius 3 is 2.81 bits per heavy atom. The number of halogens is 1. The molecule has 6 nitrogen and oxygen atoms in total. The lowest BCUT2D eigenvalue weighted by Gasteiger charge is -2.23. The first-order valence-electron chi connectivity index (χ1n) is 6.75. The second kappa shape index (κ2) is 7.38. The van der Waals surface area contributed by atoms with Crippen molar-refractivity contribution in [2.24, 2.45) is 0 Å². The summed E-state index contributed by atoms with van der Waals surface area (Å²) >= 11 is 5.56. The van der Waals surface area contributed by atoms with E-state index >= 15 is 0 Å². The quantitative estimate of drug-likeness (QED) is 0.614. The van der Waals surface area contributed by atoms with E-state index in [1.165, 1.54) is 0 Å². The molecular formula is C14H18ClNO5. The molecule has 1 aromatic carbocycles. The van der Waals surface area contributed by atoms with Crippen molar-refractivity contribution in [1.82, 2.24) is 0 Å². The number of nitrogens with one attached hydrogen (secondary N) is 1. The molecule has 116 valence electrons. The Morgan fingerprint density at radius 2 is 2.14 bits per heavy atom. The summed E-state index contributed by atoms with van der Waals surface area (Å²) in [4.78, 5) is 11.9. The molecule has 21 heavy (non-hydrogen) atoms. The summed E-state index contributed by atoms with van der Waals surface area (Å²) in [6.45, 7) is 3.07. The van der Waals surface area contributed by atoms with Crippen molar-refractivity contribution in [3.63, 3.8) is 0 Å². The van der Waals surface area contributed by atoms with Crippen LogP contribution in [0.3, 0.4) is 0 Å². The second-order valence-electron chi connectivity index (χ2n) is 4.43. The number of ether oxygens (including phenoxy) is 3. The second-order valence-corrected chi connectivity index (χ2v) is 4.73. The standard InChI is InChI=1S/C14H18ClNO5/c1-2-19-14(18)10-3-4-11(16-8-9(17)7-15)13-12(10)20-5-6-21-13/h3-4,9,16-17H,2,5-8H2,1H3. The van der Waals surface area contributed by atoms with Crippen LogP contribution in [0.5, 0.6) is 11.5 Å². The van der Waals surface area contributed by atoms with Crippen LogP contribution < -0.4 is 14.8 Å². The average Bonchev–Trinajstić information content (AvgIpc) is 2.52. The summed E-state index contributed by atoms with van der Waals surface area (Å²) in [6, 6.07) is 3.31. The minimum absolute atomic E-state index is 0.132. The van der Waals surface area contributed by atoms with Crippen LogP contribution in [0.15, 0.2) is 12.1 Å². The zero-order chi connectivity index (χ0) is 15.2. The Balaban J connectivity index is 2.26. The fourth-order valence-electron chi connectivity index (χ4n) is 1.93. The van der Waals surface area contributed by atoms with Gasteiger partial charge in [-0.25, -0.2) is 4.79 Å². The Hall–Kier alpha value is -1.66. The predicted octanol–water partition coefficient (Wildman–Crippen LogP) is 1.65. The number of fused-ring (bicyclic) bond motifs is 1. The van der Waals surface area contributed by atoms with Gasteiger partial charge in [-0.2, -0.15) is 0 Å². The van der Waals surface area contributed by atoms with E-state index in [1.54, 1.807) is 19.1 Å². The Morgan fingerprint density at radius 1 is 1.43 bits per heavy atom. The van der Waals surface area contributed by atoms with Crippen molar-refractivity contribution in [3.05, 3.63) is 17.7 Å². The third-order valence-corrected chi connectivity index (χ3v) is 3.25. The summed E-state index contributed by atoms with van der Waals surface area (Å²) in [5.41, 5.74) is 0.969. The normalized spacial score (nSPS) is 14.4. The van der Waals surface area contributed by atoms with Crippen LogP contribution in [0.1, 0.15) is 17.3 Å². The van der Waals surface area contributed by atoms with Crippen molar-refractivity contribution < 1.29 is 24.1 Å². The Bertz CT molecular complexity index is 508. The van der Waals surface area contributed by atoms with Crippen LogP contribution in [0.4, 0.5) is 5.69 Å². The third kappa shape index (κ3) is 3.71. The molecule has 0 bridgehead atoms. The molecule has 0 saturated carbocycles. The van der Waals surface area contributed by atoms with Crippen LogP contribution in [0.25, 0.3) is 0 Å². The summed E-state index contributed by atoms with van der Waals surface area (Å²) < 4.78 is 16.1. The number of carbonyl (C=O) groups is 1. The Kier molecular flexibility index (Phi) is 5.52. The Labute approximate surface area is 127 Å². The zero-order valence-electron chi connectivity index (χ0n) is 11.7. The molecule has 2 rings (SSSR count). The number of anilines is 1. The van der Waals surface area contributed by atoms with Gasteiger partial charge in [0, 0.05) is 6.54 Å². The first-order valence-corrected chi connectivity index (χ1v) is 7.28. The fraction of sp³-hybridized carbons (Fsp3) is 0.500. The molecule has 1 aliphatic rings. The van der Waals surface area contributed by atoms with Gasteiger partial charge in [-0.15, -0.1) is 11.6 Å². The number of alkyl halides is 1. The first-order chi connectivity index (χ1) is 10.2. The van der Waals surface area contributed by atoms with E-state index in [9.17, 15) is 9.90 Å². The number of rotatable bonds is 6. The maximum Gasteiger partial charge on any atom is 0.342 e. The van der Waals surface area contributed by atoms with Gasteiger partial charge < -0.3 is 24.6 Å². The lowest BCUT2D eigenvalue weighted by Crippen LogP contribution is -2.23. The van der Waals surface area contributed by atoms with Gasteiger partial charge in [0.15, 0.2) is 11.5 Å². The first kappa shape index (κ1) is 15.7. The van der Waals surface area contributed by atoms with Crippen LogP contribution in [-0.4, -0.2) is 49.4 Å². The summed E-state index contributed by atoms with van der Waals surface area (Å²) in [5, 5.41) is 12.5. The van der Waals surface area contributed by atoms with Gasteiger partial charge in [-0.05, 0) is 19.1 Å². The zero-order valence-corrected chi connectivity index (χ0v) is 12.5. The van der Waals surface area contributed by atoms with Gasteiger partial charge in [0.05, 0.1) is 24.3 Å². The molecule has 0 aliphatic carbocycles. The number of benzene rings is 1. The van der Waals surface area contributed by atoms with Gasteiger partial charge in [-0.3, -0.25) is 0 Å². The average molecular weight is 316 g/mol. The highest BCUT2D eigenvalue weighted by Gasteiger charge is 2.24. The molecule has 1 aromatic rings. The van der Waals surface area contributed by atoms with Crippen molar-refractivity contribution in [1.29, 1.82) is 0 Å². The monoisotopic (exact) mass is 315 g/mol. The molecule has 0 saturated heterocycles. The molecule has 0 spiro atoms. The maximum absolute atomic E-state index is 11.9. The van der Waals surface area contributed by atoms with Crippen LogP contribution in [-0.2, 0) is 4.74 Å². The summed E-state index contributed by atoms with van der Waals surface area (Å²) in [7, 11) is 0. The van der Waals surface area contributed by atoms with Gasteiger partial charge in [-0.1, -0.05) is 0 Å². The molecule has 1 atom stereocenters. The van der Waals surface area contributed by atoms with Gasteiger partial charge in [0.25, 0.3) is 0 Å². The van der Waals surface area contributed by atoms with Crippen molar-refractivity contribution >= 4 is 23.3 Å². The van der Waals surface area contributed by atoms with Crippen molar-refractivity contribution in [2.45, 2.75) is 13.0 Å². The van der Waals surface area contributed by atoms with Crippen molar-refractivity contribution in [3.8, 4) is 11.5 Å². The largest absolute Gasteiger partial charge is 0.485 e. The maximum atomic E-state index is 11.9. The van der Waals surface area contributed by atoms with Crippen LogP contribution >= 0.6 is 11.6 Å². The number of hydrogen-bond acceptors (Lipinski definition) is 6. The number of carbonyl (C=O) groups excluding carboxylic acids is 1. The van der Waals surface area contributed by atoms with E-state index in [-0.39, 0.29) is 19.0 Å². The minimum atomic E-state index is -0.670. The summed E-state index contributed by atoms with van der Waals surface area (Å²) in [6.07, 6.45) is -0.670. The fourth-order valence-corrected chi connectivity index (χ4v) is 2.04. The molecule has 0 aromatic heterocycles. The molecule has 1 heterocycles. The predicted molar refractivity (Wildman–Crippen MR) is 78.6 cm³/mol. The molecule has 0 fully saturated rings. The SMILES string of the molecule is CCOC(=O)c1ccc(NCC(O)CCl)c2c1OCCO2. The molecule has 1 unspecified atom stereocenters. The topological polar surface area (TPSA) is 77.0 Å². The van der Waals surface area contributed by atoms with E-state index in [0.29, 0.717) is 36.0 Å². The number of hydrogen-bond donors (Lipinski definition) is 2. The van der Waals surface area contributed by atoms with Crippen molar-refractivity contribution in [2.75, 3.05) is 37.6 Å². The van der Waals surface area contributed by atoms with Gasteiger partial charge >= 0.3 is 5.97 Å². The number of aliphatic hydroxyl groups excluding tert-OH is 1. The van der Waals surface area contributed by atoms with Gasteiger partial charge in [0.2, 0.25) is 0 Å². The molecule has 0 radical (unpaired) electrons. The van der Waals surface area contributed by atoms with Crippen LogP contribution in [0.2, 0.25) is 0 Å².